The van der Waals surface area contributed by atoms with Crippen LogP contribution in [0.25, 0.3) is 11.0 Å². The Bertz CT molecular complexity index is 602. The van der Waals surface area contributed by atoms with Crippen molar-refractivity contribution < 1.29 is 9.84 Å². The van der Waals surface area contributed by atoms with E-state index < -0.39 is 0 Å². The second-order valence-corrected chi connectivity index (χ2v) is 4.59. The van der Waals surface area contributed by atoms with E-state index in [9.17, 15) is 0 Å². The Hall–Kier alpha value is -1.50. The number of nitrogens with zero attached hydrogens (tertiary/aromatic N) is 4. The number of ether oxygens (including phenoxy) is 1. The highest BCUT2D eigenvalue weighted by molar-refractivity contribution is 6.28. The third-order valence-corrected chi connectivity index (χ3v) is 3.21. The lowest BCUT2D eigenvalue weighted by molar-refractivity contribution is 0.122. The Labute approximate surface area is 115 Å². The standard InChI is InChI=1S/C12H13ClN4O2/c13-12-15-10-9(2-1-8(7-18)14-10)11(16-12)17-3-5-19-6-4-17/h1-2,18H,3-7H2. The average Bonchev–Trinajstić information content (AvgIpc) is 2.46. The summed E-state index contributed by atoms with van der Waals surface area (Å²) in [6.45, 7) is 2.76. The molecular weight excluding hydrogens is 268 g/mol. The predicted octanol–water partition coefficient (Wildman–Crippen LogP) is 1.01. The number of anilines is 1. The third kappa shape index (κ3) is 2.47. The number of rotatable bonds is 2. The van der Waals surface area contributed by atoms with Gasteiger partial charge in [-0.05, 0) is 23.7 Å². The summed E-state index contributed by atoms with van der Waals surface area (Å²) in [4.78, 5) is 14.8. The number of aromatic nitrogens is 3. The van der Waals surface area contributed by atoms with Gasteiger partial charge in [0.1, 0.15) is 5.82 Å². The van der Waals surface area contributed by atoms with Crippen LogP contribution in [0.4, 0.5) is 5.82 Å². The highest BCUT2D eigenvalue weighted by atomic mass is 35.5. The Balaban J connectivity index is 2.11. The number of fused-ring (bicyclic) bond motifs is 1. The van der Waals surface area contributed by atoms with Crippen molar-refractivity contribution in [3.8, 4) is 0 Å². The van der Waals surface area contributed by atoms with Crippen LogP contribution in [0.1, 0.15) is 5.69 Å². The molecule has 7 heteroatoms. The summed E-state index contributed by atoms with van der Waals surface area (Å²) < 4.78 is 5.33. The topological polar surface area (TPSA) is 71.4 Å². The van der Waals surface area contributed by atoms with Crippen LogP contribution in [-0.4, -0.2) is 46.4 Å². The number of pyridine rings is 1. The van der Waals surface area contributed by atoms with Gasteiger partial charge in [-0.1, -0.05) is 0 Å². The van der Waals surface area contributed by atoms with E-state index in [-0.39, 0.29) is 11.9 Å². The highest BCUT2D eigenvalue weighted by Gasteiger charge is 2.17. The largest absolute Gasteiger partial charge is 0.390 e. The zero-order valence-corrected chi connectivity index (χ0v) is 11.0. The Kier molecular flexibility index (Phi) is 3.46. The quantitative estimate of drug-likeness (QED) is 0.828. The molecule has 0 saturated carbocycles. The van der Waals surface area contributed by atoms with Crippen molar-refractivity contribution in [3.05, 3.63) is 23.1 Å². The normalized spacial score (nSPS) is 16.0. The molecule has 1 fully saturated rings. The second kappa shape index (κ2) is 5.24. The minimum absolute atomic E-state index is 0.121. The molecule has 2 aromatic rings. The molecule has 0 amide bonds. The molecule has 1 aliphatic rings. The summed E-state index contributed by atoms with van der Waals surface area (Å²) in [6, 6.07) is 3.64. The van der Waals surface area contributed by atoms with E-state index >= 15 is 0 Å². The first-order valence-corrected chi connectivity index (χ1v) is 6.42. The van der Waals surface area contributed by atoms with E-state index in [0.29, 0.717) is 24.6 Å². The van der Waals surface area contributed by atoms with E-state index in [0.717, 1.165) is 24.3 Å². The summed E-state index contributed by atoms with van der Waals surface area (Å²) in [5.41, 5.74) is 1.07. The minimum atomic E-state index is -0.121. The van der Waals surface area contributed by atoms with Crippen LogP contribution >= 0.6 is 11.6 Å². The molecule has 3 heterocycles. The molecule has 0 spiro atoms. The number of aliphatic hydroxyl groups is 1. The van der Waals surface area contributed by atoms with Gasteiger partial charge < -0.3 is 14.7 Å². The molecule has 0 radical (unpaired) electrons. The average molecular weight is 281 g/mol. The number of hydrogen-bond acceptors (Lipinski definition) is 6. The molecule has 0 atom stereocenters. The van der Waals surface area contributed by atoms with Gasteiger partial charge in [0, 0.05) is 13.1 Å². The maximum absolute atomic E-state index is 9.12. The van der Waals surface area contributed by atoms with Gasteiger partial charge in [-0.2, -0.15) is 9.97 Å². The SMILES string of the molecule is OCc1ccc2c(N3CCOCC3)nc(Cl)nc2n1. The van der Waals surface area contributed by atoms with Gasteiger partial charge in [-0.25, -0.2) is 4.98 Å². The molecule has 1 saturated heterocycles. The minimum Gasteiger partial charge on any atom is -0.390 e. The number of morpholine rings is 1. The number of aliphatic hydroxyl groups excluding tert-OH is 1. The molecule has 1 N–H and O–H groups in total. The Morgan fingerprint density at radius 2 is 2.00 bits per heavy atom. The first kappa shape index (κ1) is 12.5. The second-order valence-electron chi connectivity index (χ2n) is 4.25. The molecule has 0 aromatic carbocycles. The lowest BCUT2D eigenvalue weighted by Gasteiger charge is -2.28. The molecule has 2 aromatic heterocycles. The molecule has 3 rings (SSSR count). The van der Waals surface area contributed by atoms with Crippen LogP contribution < -0.4 is 4.90 Å². The fraction of sp³-hybridized carbons (Fsp3) is 0.417. The first-order valence-electron chi connectivity index (χ1n) is 6.04. The maximum Gasteiger partial charge on any atom is 0.226 e. The van der Waals surface area contributed by atoms with Crippen molar-refractivity contribution in [2.45, 2.75) is 6.61 Å². The van der Waals surface area contributed by atoms with Gasteiger partial charge >= 0.3 is 0 Å². The fourth-order valence-electron chi connectivity index (χ4n) is 2.11. The predicted molar refractivity (Wildman–Crippen MR) is 71.3 cm³/mol. The molecule has 100 valence electrons. The van der Waals surface area contributed by atoms with Gasteiger partial charge in [0.25, 0.3) is 0 Å². The maximum atomic E-state index is 9.12. The van der Waals surface area contributed by atoms with Gasteiger partial charge in [-0.15, -0.1) is 0 Å². The third-order valence-electron chi connectivity index (χ3n) is 3.04. The van der Waals surface area contributed by atoms with Crippen molar-refractivity contribution in [2.24, 2.45) is 0 Å². The van der Waals surface area contributed by atoms with Crippen LogP contribution in [0.5, 0.6) is 0 Å². The van der Waals surface area contributed by atoms with E-state index in [1.165, 1.54) is 0 Å². The first-order chi connectivity index (χ1) is 9.28. The van der Waals surface area contributed by atoms with Gasteiger partial charge in [0.15, 0.2) is 5.65 Å². The fourth-order valence-corrected chi connectivity index (χ4v) is 2.27. The van der Waals surface area contributed by atoms with Crippen LogP contribution in [0.3, 0.4) is 0 Å². The Morgan fingerprint density at radius 3 is 2.74 bits per heavy atom. The zero-order chi connectivity index (χ0) is 13.2. The van der Waals surface area contributed by atoms with Crippen molar-refractivity contribution >= 4 is 28.5 Å². The molecule has 0 aliphatic carbocycles. The van der Waals surface area contributed by atoms with E-state index in [1.54, 1.807) is 6.07 Å². The number of halogens is 1. The summed E-state index contributed by atoms with van der Waals surface area (Å²) >= 11 is 5.96. The smallest absolute Gasteiger partial charge is 0.226 e. The van der Waals surface area contributed by atoms with E-state index in [1.807, 2.05) is 6.07 Å². The highest BCUT2D eigenvalue weighted by Crippen LogP contribution is 2.25. The molecule has 19 heavy (non-hydrogen) atoms. The Morgan fingerprint density at radius 1 is 1.21 bits per heavy atom. The molecule has 0 unspecified atom stereocenters. The summed E-state index contributed by atoms with van der Waals surface area (Å²) in [5, 5.41) is 10.1. The van der Waals surface area contributed by atoms with Crippen LogP contribution in [0.2, 0.25) is 5.28 Å². The van der Waals surface area contributed by atoms with Crippen LogP contribution in [0, 0.1) is 0 Å². The lowest BCUT2D eigenvalue weighted by Crippen LogP contribution is -2.37. The van der Waals surface area contributed by atoms with Crippen molar-refractivity contribution in [2.75, 3.05) is 31.2 Å². The monoisotopic (exact) mass is 280 g/mol. The summed E-state index contributed by atoms with van der Waals surface area (Å²) in [6.07, 6.45) is 0. The molecular formula is C12H13ClN4O2. The van der Waals surface area contributed by atoms with Gasteiger partial charge in [0.05, 0.1) is 30.9 Å². The van der Waals surface area contributed by atoms with Crippen molar-refractivity contribution in [1.29, 1.82) is 0 Å². The van der Waals surface area contributed by atoms with Gasteiger partial charge in [0.2, 0.25) is 5.28 Å². The van der Waals surface area contributed by atoms with E-state index in [2.05, 4.69) is 19.9 Å². The van der Waals surface area contributed by atoms with Crippen LogP contribution in [0.15, 0.2) is 12.1 Å². The summed E-state index contributed by atoms with van der Waals surface area (Å²) in [5.74, 6) is 0.773. The zero-order valence-electron chi connectivity index (χ0n) is 10.2. The summed E-state index contributed by atoms with van der Waals surface area (Å²) in [7, 11) is 0. The van der Waals surface area contributed by atoms with E-state index in [4.69, 9.17) is 21.4 Å². The van der Waals surface area contributed by atoms with Crippen LogP contribution in [-0.2, 0) is 11.3 Å². The molecule has 6 nitrogen and oxygen atoms in total. The van der Waals surface area contributed by atoms with Crippen molar-refractivity contribution in [1.82, 2.24) is 15.0 Å². The van der Waals surface area contributed by atoms with Gasteiger partial charge in [-0.3, -0.25) is 0 Å². The number of hydrogen-bond donors (Lipinski definition) is 1. The molecule has 0 bridgehead atoms. The molecule has 1 aliphatic heterocycles. The lowest BCUT2D eigenvalue weighted by atomic mass is 10.2. The van der Waals surface area contributed by atoms with Crippen molar-refractivity contribution in [3.63, 3.8) is 0 Å².